The second kappa shape index (κ2) is 3.31. The Balaban J connectivity index is 3.78. The highest BCUT2D eigenvalue weighted by atomic mass is 32.2. The van der Waals surface area contributed by atoms with E-state index < -0.39 is 12.1 Å². The van der Waals surface area contributed by atoms with E-state index in [9.17, 15) is 18.0 Å². The van der Waals surface area contributed by atoms with Crippen LogP contribution < -0.4 is 0 Å². The van der Waals surface area contributed by atoms with Crippen molar-refractivity contribution in [2.75, 3.05) is 0 Å². The molecule has 0 rings (SSSR count). The van der Waals surface area contributed by atoms with Gasteiger partial charge in [0, 0.05) is 0 Å². The van der Waals surface area contributed by atoms with Gasteiger partial charge < -0.3 is 4.18 Å². The van der Waals surface area contributed by atoms with Crippen molar-refractivity contribution in [2.45, 2.75) is 6.18 Å². The van der Waals surface area contributed by atoms with Crippen LogP contribution in [0.4, 0.5) is 13.2 Å². The molecular formula is C3F3NO2S. The number of carbonyl (C=O) groups excluding carboxylic acids is 1. The number of carbonyl (C=O) groups is 1. The number of rotatable bonds is 1. The van der Waals surface area contributed by atoms with Crippen LogP contribution in [0, 0.1) is 10.7 Å². The van der Waals surface area contributed by atoms with Crippen LogP contribution in [0.25, 0.3) is 0 Å². The predicted octanol–water partition coefficient (Wildman–Crippen LogP) is 1.22. The van der Waals surface area contributed by atoms with E-state index in [1.807, 2.05) is 0 Å². The lowest BCUT2D eigenvalue weighted by atomic mass is 10.7. The van der Waals surface area contributed by atoms with Crippen LogP contribution in [-0.4, -0.2) is 12.1 Å². The third-order valence-electron chi connectivity index (χ3n) is 0.386. The third-order valence-corrected chi connectivity index (χ3v) is 0.695. The van der Waals surface area contributed by atoms with Gasteiger partial charge in [0.2, 0.25) is 0 Å². The van der Waals surface area contributed by atoms with Crippen molar-refractivity contribution in [1.29, 1.82) is 5.26 Å². The molecule has 0 atom stereocenters. The predicted molar refractivity (Wildman–Crippen MR) is 25.4 cm³/mol. The molecule has 0 unspecified atom stereocenters. The summed E-state index contributed by atoms with van der Waals surface area (Å²) < 4.78 is 36.9. The number of halogens is 3. The summed E-state index contributed by atoms with van der Waals surface area (Å²) in [4.78, 5) is 9.70. The van der Waals surface area contributed by atoms with Crippen molar-refractivity contribution in [3.63, 3.8) is 0 Å². The molecule has 3 nitrogen and oxygen atoms in total. The molecular weight excluding hydrogens is 171 g/mol. The molecule has 10 heavy (non-hydrogen) atoms. The van der Waals surface area contributed by atoms with Crippen LogP contribution in [0.3, 0.4) is 0 Å². The summed E-state index contributed by atoms with van der Waals surface area (Å²) in [6.07, 6.45) is -5.02. The lowest BCUT2D eigenvalue weighted by Gasteiger charge is -2.00. The molecule has 0 aliphatic rings. The Morgan fingerprint density at radius 2 is 2.10 bits per heavy atom. The molecule has 0 aliphatic heterocycles. The maximum Gasteiger partial charge on any atom is 0.492 e. The van der Waals surface area contributed by atoms with Crippen LogP contribution >= 0.6 is 12.0 Å². The monoisotopic (exact) mass is 171 g/mol. The van der Waals surface area contributed by atoms with Gasteiger partial charge in [-0.2, -0.15) is 18.4 Å². The zero-order chi connectivity index (χ0) is 8.20. The molecule has 0 fully saturated rings. The van der Waals surface area contributed by atoms with Crippen LogP contribution in [0.2, 0.25) is 0 Å². The van der Waals surface area contributed by atoms with E-state index in [1.54, 1.807) is 0 Å². The molecule has 0 radical (unpaired) electrons. The van der Waals surface area contributed by atoms with E-state index in [0.29, 0.717) is 0 Å². The van der Waals surface area contributed by atoms with Crippen molar-refractivity contribution >= 4 is 18.0 Å². The molecule has 0 bridgehead atoms. The highest BCUT2D eigenvalue weighted by Crippen LogP contribution is 2.19. The first-order valence-electron chi connectivity index (χ1n) is 1.82. The van der Waals surface area contributed by atoms with Crippen molar-refractivity contribution in [2.24, 2.45) is 0 Å². The first-order chi connectivity index (χ1) is 4.48. The molecule has 0 saturated carbocycles. The van der Waals surface area contributed by atoms with E-state index in [-0.39, 0.29) is 12.0 Å². The Kier molecular flexibility index (Phi) is 3.02. The molecule has 0 saturated heterocycles. The van der Waals surface area contributed by atoms with E-state index in [2.05, 4.69) is 4.18 Å². The lowest BCUT2D eigenvalue weighted by Crippen LogP contribution is -2.22. The SMILES string of the molecule is N#CSOC(=O)C(F)(F)F. The van der Waals surface area contributed by atoms with Crippen LogP contribution in [0.15, 0.2) is 0 Å². The fourth-order valence-corrected chi connectivity index (χ4v) is 0.311. The Bertz CT molecular complexity index is 172. The average molecular weight is 171 g/mol. The van der Waals surface area contributed by atoms with Gasteiger partial charge >= 0.3 is 12.1 Å². The molecule has 7 heteroatoms. The number of hydrogen-bond donors (Lipinski definition) is 0. The normalized spacial score (nSPS) is 10.2. The van der Waals surface area contributed by atoms with E-state index in [1.165, 1.54) is 0 Å². The van der Waals surface area contributed by atoms with Gasteiger partial charge in [-0.1, -0.05) is 0 Å². The van der Waals surface area contributed by atoms with E-state index in [4.69, 9.17) is 5.26 Å². The maximum atomic E-state index is 11.2. The third kappa shape index (κ3) is 3.19. The summed E-state index contributed by atoms with van der Waals surface area (Å²) in [6, 6.07) is 0. The minimum atomic E-state index is -5.02. The zero-order valence-electron chi connectivity index (χ0n) is 4.31. The average Bonchev–Trinajstić information content (AvgIpc) is 1.80. The van der Waals surface area contributed by atoms with Crippen molar-refractivity contribution in [3.8, 4) is 5.40 Å². The fourth-order valence-electron chi connectivity index (χ4n) is 0.104. The van der Waals surface area contributed by atoms with Gasteiger partial charge in [0.05, 0.1) is 0 Å². The van der Waals surface area contributed by atoms with Gasteiger partial charge in [-0.05, 0) is 0 Å². The van der Waals surface area contributed by atoms with Gasteiger partial charge in [-0.25, -0.2) is 4.79 Å². The highest BCUT2D eigenvalue weighted by Gasteiger charge is 2.41. The minimum absolute atomic E-state index is 0.221. The second-order valence-electron chi connectivity index (χ2n) is 1.04. The largest absolute Gasteiger partial charge is 0.492 e. The zero-order valence-corrected chi connectivity index (χ0v) is 5.12. The first kappa shape index (κ1) is 9.10. The summed E-state index contributed by atoms with van der Waals surface area (Å²) in [6.45, 7) is 0. The Hall–Kier alpha value is -0.900. The Morgan fingerprint density at radius 1 is 1.60 bits per heavy atom. The number of nitrogens with zero attached hydrogens (tertiary/aromatic N) is 1. The number of thiocyanates is 1. The van der Waals surface area contributed by atoms with Crippen LogP contribution in [-0.2, 0) is 8.98 Å². The highest BCUT2D eigenvalue weighted by molar-refractivity contribution is 7.99. The molecule has 56 valence electrons. The van der Waals surface area contributed by atoms with Gasteiger partial charge in [0.1, 0.15) is 0 Å². The summed E-state index contributed by atoms with van der Waals surface area (Å²) in [5, 5.41) is 8.79. The lowest BCUT2D eigenvalue weighted by molar-refractivity contribution is -0.188. The van der Waals surface area contributed by atoms with Gasteiger partial charge in [-0.3, -0.25) is 0 Å². The topological polar surface area (TPSA) is 50.1 Å². The Morgan fingerprint density at radius 3 is 2.40 bits per heavy atom. The Labute approximate surface area is 58.0 Å². The molecule has 0 spiro atoms. The molecule has 0 aromatic rings. The summed E-state index contributed by atoms with van der Waals surface area (Å²) in [5.74, 6) is -2.38. The number of alkyl halides is 3. The van der Waals surface area contributed by atoms with Gasteiger partial charge in [0.15, 0.2) is 17.4 Å². The minimum Gasteiger partial charge on any atom is -0.369 e. The molecule has 0 aromatic heterocycles. The standard InChI is InChI=1S/C3F3NO2S/c4-3(5,6)2(8)9-10-1-7. The van der Waals surface area contributed by atoms with Gasteiger partial charge in [-0.15, -0.1) is 0 Å². The molecule has 0 heterocycles. The smallest absolute Gasteiger partial charge is 0.369 e. The molecule has 0 aromatic carbocycles. The number of hydrogen-bond acceptors (Lipinski definition) is 4. The van der Waals surface area contributed by atoms with Crippen molar-refractivity contribution in [1.82, 2.24) is 0 Å². The second-order valence-corrected chi connectivity index (χ2v) is 1.56. The van der Waals surface area contributed by atoms with Gasteiger partial charge in [0.25, 0.3) is 0 Å². The van der Waals surface area contributed by atoms with Crippen molar-refractivity contribution in [3.05, 3.63) is 0 Å². The summed E-state index contributed by atoms with van der Waals surface area (Å²) in [5.41, 5.74) is 0. The van der Waals surface area contributed by atoms with E-state index >= 15 is 0 Å². The number of nitriles is 1. The first-order valence-corrected chi connectivity index (χ1v) is 2.56. The fraction of sp³-hybridized carbons (Fsp3) is 0.333. The summed E-state index contributed by atoms with van der Waals surface area (Å²) >= 11 is -0.221. The molecule has 0 N–H and O–H groups in total. The van der Waals surface area contributed by atoms with Crippen molar-refractivity contribution < 1.29 is 22.1 Å². The van der Waals surface area contributed by atoms with Crippen LogP contribution in [0.1, 0.15) is 0 Å². The quantitative estimate of drug-likeness (QED) is 0.439. The molecule has 0 aliphatic carbocycles. The molecule has 0 amide bonds. The maximum absolute atomic E-state index is 11.2. The van der Waals surface area contributed by atoms with E-state index in [0.717, 1.165) is 5.40 Å². The summed E-state index contributed by atoms with van der Waals surface area (Å²) in [7, 11) is 0. The van der Waals surface area contributed by atoms with Crippen LogP contribution in [0.5, 0.6) is 0 Å².